The summed E-state index contributed by atoms with van der Waals surface area (Å²) in [7, 11) is 0. The van der Waals surface area contributed by atoms with Gasteiger partial charge in [-0.1, -0.05) is 45.9 Å². The van der Waals surface area contributed by atoms with Gasteiger partial charge in [0.1, 0.15) is 0 Å². The second-order valence-electron chi connectivity index (χ2n) is 5.82. The summed E-state index contributed by atoms with van der Waals surface area (Å²) in [6.45, 7) is 11.2. The standard InChI is InChI=1S/C19H16N2O2.2C2H6.W.Y/c1-13-8-9-15(14-6-3-2-4-7-14)12-16(13)17-18(22)20-10-5-11-21(20)19(17)23;2*1-2;;/h2-4,6-8,22H,5,10-11H2,1H3;2*1-2H3;;/q-2;;;;. The van der Waals surface area contributed by atoms with Crippen LogP contribution in [0.5, 0.6) is 5.88 Å². The van der Waals surface area contributed by atoms with Crippen LogP contribution in [0.2, 0.25) is 0 Å². The van der Waals surface area contributed by atoms with Gasteiger partial charge in [0.15, 0.2) is 0 Å². The van der Waals surface area contributed by atoms with Crippen molar-refractivity contribution >= 4 is 0 Å². The Morgan fingerprint density at radius 2 is 1.59 bits per heavy atom. The van der Waals surface area contributed by atoms with Crippen LogP contribution in [0.15, 0.2) is 41.2 Å². The molecule has 0 saturated heterocycles. The molecule has 0 amide bonds. The largest absolute Gasteiger partial charge is 0.493 e. The predicted molar refractivity (Wildman–Crippen MR) is 111 cm³/mol. The average Bonchev–Trinajstić information content (AvgIpc) is 3.30. The Morgan fingerprint density at radius 1 is 1.00 bits per heavy atom. The molecule has 0 aliphatic carbocycles. The number of hydrogen-bond acceptors (Lipinski definition) is 2. The molecule has 29 heavy (non-hydrogen) atoms. The van der Waals surface area contributed by atoms with Gasteiger partial charge in [0.2, 0.25) is 5.88 Å². The monoisotopic (exact) mass is 637 g/mol. The molecule has 0 bridgehead atoms. The molecule has 0 saturated carbocycles. The molecule has 0 fully saturated rings. The van der Waals surface area contributed by atoms with Gasteiger partial charge in [-0.15, -0.1) is 19.1 Å². The Hall–Kier alpha value is -0.958. The molecule has 1 aliphatic rings. The van der Waals surface area contributed by atoms with Crippen molar-refractivity contribution in [3.8, 4) is 28.1 Å². The van der Waals surface area contributed by atoms with Crippen molar-refractivity contribution in [3.63, 3.8) is 0 Å². The molecule has 3 aromatic rings. The second kappa shape index (κ2) is 13.4. The van der Waals surface area contributed by atoms with Crippen LogP contribution in [0.25, 0.3) is 22.3 Å². The molecule has 153 valence electrons. The van der Waals surface area contributed by atoms with E-state index in [0.717, 1.165) is 23.1 Å². The van der Waals surface area contributed by atoms with Crippen LogP contribution in [0.3, 0.4) is 0 Å². The van der Waals surface area contributed by atoms with Crippen molar-refractivity contribution in [2.45, 2.75) is 54.1 Å². The maximum Gasteiger partial charge on any atom is 0.275 e. The van der Waals surface area contributed by atoms with E-state index in [1.807, 2.05) is 71.0 Å². The number of aromatic nitrogens is 2. The molecule has 4 rings (SSSR count). The molecule has 1 aromatic heterocycles. The number of aryl methyl sites for hydroxylation is 1. The first kappa shape index (κ1) is 28.0. The van der Waals surface area contributed by atoms with Crippen LogP contribution in [0, 0.1) is 19.1 Å². The Balaban J connectivity index is 0.00000123. The fraction of sp³-hybridized carbons (Fsp3) is 0.348. The summed E-state index contributed by atoms with van der Waals surface area (Å²) in [5.41, 5.74) is 3.50. The molecule has 0 unspecified atom stereocenters. The number of fused-ring (bicyclic) bond motifs is 1. The molecule has 1 N–H and O–H groups in total. The number of rotatable bonds is 2. The summed E-state index contributed by atoms with van der Waals surface area (Å²) in [6.07, 6.45) is 0.879. The smallest absolute Gasteiger partial charge is 0.275 e. The SMILES string of the molecule is CC.CC.Cc1c[c-]c(-c2ccccc2)[c-]c1-c1c(O)n2n(c1=O)CCC2.[W].[Y]. The normalized spacial score (nSPS) is 10.9. The van der Waals surface area contributed by atoms with Crippen molar-refractivity contribution in [3.05, 3.63) is 64.4 Å². The van der Waals surface area contributed by atoms with Crippen molar-refractivity contribution in [2.75, 3.05) is 0 Å². The second-order valence-corrected chi connectivity index (χ2v) is 5.82. The zero-order valence-electron chi connectivity index (χ0n) is 17.8. The zero-order chi connectivity index (χ0) is 20.0. The molecule has 2 aromatic carbocycles. The van der Waals surface area contributed by atoms with E-state index in [9.17, 15) is 9.90 Å². The van der Waals surface area contributed by atoms with Crippen molar-refractivity contribution in [1.82, 2.24) is 9.36 Å². The van der Waals surface area contributed by atoms with E-state index in [-0.39, 0.29) is 65.2 Å². The third-order valence-electron chi connectivity index (χ3n) is 4.34. The first-order chi connectivity index (χ1) is 13.2. The molecular formula is C23H28N2O2WY-2. The van der Waals surface area contributed by atoms with Crippen molar-refractivity contribution < 1.29 is 58.9 Å². The minimum atomic E-state index is -0.149. The molecule has 0 atom stereocenters. The third kappa shape index (κ3) is 5.81. The topological polar surface area (TPSA) is 47.2 Å². The van der Waals surface area contributed by atoms with Crippen molar-refractivity contribution in [2.24, 2.45) is 0 Å². The first-order valence-electron chi connectivity index (χ1n) is 9.70. The Morgan fingerprint density at radius 3 is 2.17 bits per heavy atom. The van der Waals surface area contributed by atoms with Gasteiger partial charge < -0.3 is 5.11 Å². The molecule has 1 aliphatic heterocycles. The van der Waals surface area contributed by atoms with E-state index in [1.54, 1.807) is 9.36 Å². The third-order valence-corrected chi connectivity index (χ3v) is 4.34. The van der Waals surface area contributed by atoms with Crippen LogP contribution >= 0.6 is 0 Å². The predicted octanol–water partition coefficient (Wildman–Crippen LogP) is 5.05. The molecular weight excluding hydrogens is 609 g/mol. The van der Waals surface area contributed by atoms with E-state index in [2.05, 4.69) is 12.1 Å². The van der Waals surface area contributed by atoms with Crippen LogP contribution in [0.4, 0.5) is 0 Å². The fourth-order valence-corrected chi connectivity index (χ4v) is 3.15. The number of benzene rings is 2. The summed E-state index contributed by atoms with van der Waals surface area (Å²) in [6, 6.07) is 18.1. The van der Waals surface area contributed by atoms with Crippen molar-refractivity contribution in [1.29, 1.82) is 0 Å². The first-order valence-corrected chi connectivity index (χ1v) is 9.70. The summed E-state index contributed by atoms with van der Waals surface area (Å²) in [5, 5.41) is 10.5. The Bertz CT molecular complexity index is 950. The molecule has 6 heteroatoms. The molecule has 4 nitrogen and oxygen atoms in total. The number of hydrogen-bond donors (Lipinski definition) is 1. The molecule has 2 heterocycles. The van der Waals surface area contributed by atoms with Gasteiger partial charge in [-0.25, -0.2) is 16.3 Å². The minimum Gasteiger partial charge on any atom is -0.493 e. The van der Waals surface area contributed by atoms with E-state index in [0.29, 0.717) is 24.2 Å². The van der Waals surface area contributed by atoms with Crippen LogP contribution in [-0.4, -0.2) is 14.5 Å². The van der Waals surface area contributed by atoms with Gasteiger partial charge in [0, 0.05) is 66.9 Å². The number of nitrogens with zero attached hydrogens (tertiary/aromatic N) is 2. The fourth-order valence-electron chi connectivity index (χ4n) is 3.15. The van der Waals surface area contributed by atoms with E-state index < -0.39 is 0 Å². The van der Waals surface area contributed by atoms with E-state index in [4.69, 9.17) is 0 Å². The van der Waals surface area contributed by atoms with Gasteiger partial charge in [0.05, 0.1) is 5.56 Å². The van der Waals surface area contributed by atoms with Gasteiger partial charge in [-0.2, -0.15) is 11.1 Å². The van der Waals surface area contributed by atoms with E-state index >= 15 is 0 Å². The number of aromatic hydroxyl groups is 1. The minimum absolute atomic E-state index is 0. The Kier molecular flexibility index (Phi) is 12.9. The quantitative estimate of drug-likeness (QED) is 0.401. The van der Waals surface area contributed by atoms with E-state index in [1.165, 1.54) is 0 Å². The molecule has 0 spiro atoms. The maximum atomic E-state index is 12.6. The average molecular weight is 637 g/mol. The summed E-state index contributed by atoms with van der Waals surface area (Å²) in [4.78, 5) is 12.6. The van der Waals surface area contributed by atoms with Gasteiger partial charge in [0.25, 0.3) is 5.56 Å². The Labute approximate surface area is 213 Å². The van der Waals surface area contributed by atoms with Gasteiger partial charge in [-0.3, -0.25) is 27.2 Å². The molecule has 1 radical (unpaired) electrons. The van der Waals surface area contributed by atoms with Gasteiger partial charge >= 0.3 is 0 Å². The summed E-state index contributed by atoms with van der Waals surface area (Å²) in [5.74, 6) is 0.0389. The van der Waals surface area contributed by atoms with Crippen LogP contribution in [0.1, 0.15) is 39.7 Å². The maximum absolute atomic E-state index is 12.6. The summed E-state index contributed by atoms with van der Waals surface area (Å²) >= 11 is 0. The van der Waals surface area contributed by atoms with Crippen LogP contribution in [-0.2, 0) is 66.9 Å². The zero-order valence-corrected chi connectivity index (χ0v) is 23.6. The van der Waals surface area contributed by atoms with Gasteiger partial charge in [-0.05, 0) is 6.42 Å². The summed E-state index contributed by atoms with van der Waals surface area (Å²) < 4.78 is 3.26. The van der Waals surface area contributed by atoms with Crippen LogP contribution < -0.4 is 5.56 Å².